The SMILES string of the molecule is NC(=O)C1(c2ccccc2)CCN(CCCCOC(c2ccccc2)c2ccccc2)CC1. The highest BCUT2D eigenvalue weighted by atomic mass is 16.5. The fourth-order valence-corrected chi connectivity index (χ4v) is 4.87. The quantitative estimate of drug-likeness (QED) is 0.445. The van der Waals surface area contributed by atoms with Gasteiger partial charge in [-0.25, -0.2) is 0 Å². The zero-order chi connectivity index (χ0) is 22.9. The number of ether oxygens (including phenoxy) is 1. The van der Waals surface area contributed by atoms with E-state index < -0.39 is 5.41 Å². The van der Waals surface area contributed by atoms with Gasteiger partial charge in [-0.3, -0.25) is 4.79 Å². The number of benzene rings is 3. The minimum absolute atomic E-state index is 0.0376. The Morgan fingerprint density at radius 3 is 1.85 bits per heavy atom. The molecule has 0 unspecified atom stereocenters. The number of rotatable bonds is 10. The molecule has 1 heterocycles. The number of carbonyl (C=O) groups is 1. The van der Waals surface area contributed by atoms with E-state index in [9.17, 15) is 4.79 Å². The topological polar surface area (TPSA) is 55.6 Å². The van der Waals surface area contributed by atoms with Gasteiger partial charge in [-0.2, -0.15) is 0 Å². The number of likely N-dealkylation sites (tertiary alicyclic amines) is 1. The molecule has 0 aliphatic carbocycles. The molecule has 1 aliphatic heterocycles. The van der Waals surface area contributed by atoms with E-state index in [0.29, 0.717) is 0 Å². The summed E-state index contributed by atoms with van der Waals surface area (Å²) in [5, 5.41) is 0. The second-order valence-electron chi connectivity index (χ2n) is 8.93. The van der Waals surface area contributed by atoms with E-state index >= 15 is 0 Å². The smallest absolute Gasteiger partial charge is 0.228 e. The van der Waals surface area contributed by atoms with Gasteiger partial charge >= 0.3 is 0 Å². The van der Waals surface area contributed by atoms with Crippen molar-refractivity contribution in [2.75, 3.05) is 26.2 Å². The van der Waals surface area contributed by atoms with Crippen LogP contribution in [0.5, 0.6) is 0 Å². The van der Waals surface area contributed by atoms with Crippen molar-refractivity contribution in [1.82, 2.24) is 4.90 Å². The van der Waals surface area contributed by atoms with Crippen molar-refractivity contribution >= 4 is 5.91 Å². The minimum atomic E-state index is -0.528. The van der Waals surface area contributed by atoms with Gasteiger partial charge < -0.3 is 15.4 Å². The lowest BCUT2D eigenvalue weighted by molar-refractivity contribution is -0.125. The largest absolute Gasteiger partial charge is 0.369 e. The standard InChI is InChI=1S/C29H34N2O2/c30-28(32)29(26-16-8-3-9-17-26)18-21-31(22-19-29)20-10-11-23-33-27(24-12-4-1-5-13-24)25-14-6-2-7-15-25/h1-9,12-17,27H,10-11,18-23H2,(H2,30,32). The third kappa shape index (κ3) is 5.70. The molecule has 172 valence electrons. The lowest BCUT2D eigenvalue weighted by atomic mass is 9.72. The number of hydrogen-bond donors (Lipinski definition) is 1. The molecule has 4 heteroatoms. The van der Waals surface area contributed by atoms with Crippen LogP contribution in [-0.2, 0) is 14.9 Å². The van der Waals surface area contributed by atoms with E-state index in [-0.39, 0.29) is 12.0 Å². The molecule has 1 amide bonds. The average molecular weight is 443 g/mol. The third-order valence-electron chi connectivity index (χ3n) is 6.87. The Bertz CT molecular complexity index is 944. The Hall–Kier alpha value is -2.95. The summed E-state index contributed by atoms with van der Waals surface area (Å²) >= 11 is 0. The first kappa shape index (κ1) is 23.2. The lowest BCUT2D eigenvalue weighted by Crippen LogP contribution is -2.50. The van der Waals surface area contributed by atoms with Gasteiger partial charge in [0.2, 0.25) is 5.91 Å². The molecule has 2 N–H and O–H groups in total. The number of nitrogens with two attached hydrogens (primary N) is 1. The second kappa shape index (κ2) is 11.3. The van der Waals surface area contributed by atoms with Crippen LogP contribution in [-0.4, -0.2) is 37.0 Å². The van der Waals surface area contributed by atoms with Crippen molar-refractivity contribution in [3.05, 3.63) is 108 Å². The zero-order valence-electron chi connectivity index (χ0n) is 19.2. The second-order valence-corrected chi connectivity index (χ2v) is 8.93. The first-order chi connectivity index (χ1) is 16.2. The number of unbranched alkanes of at least 4 members (excludes halogenated alkanes) is 1. The summed E-state index contributed by atoms with van der Waals surface area (Å²) in [7, 11) is 0. The van der Waals surface area contributed by atoms with Crippen LogP contribution in [0.25, 0.3) is 0 Å². The lowest BCUT2D eigenvalue weighted by Gasteiger charge is -2.40. The first-order valence-corrected chi connectivity index (χ1v) is 12.0. The highest BCUT2D eigenvalue weighted by Gasteiger charge is 2.41. The highest BCUT2D eigenvalue weighted by molar-refractivity contribution is 5.86. The molecule has 1 aliphatic rings. The first-order valence-electron chi connectivity index (χ1n) is 12.0. The van der Waals surface area contributed by atoms with Crippen LogP contribution in [0.3, 0.4) is 0 Å². The zero-order valence-corrected chi connectivity index (χ0v) is 19.2. The van der Waals surface area contributed by atoms with Crippen molar-refractivity contribution in [3.8, 4) is 0 Å². The summed E-state index contributed by atoms with van der Waals surface area (Å²) in [5.41, 5.74) is 8.76. The number of hydrogen-bond acceptors (Lipinski definition) is 3. The van der Waals surface area contributed by atoms with Gasteiger partial charge in [-0.05, 0) is 62.0 Å². The van der Waals surface area contributed by atoms with Crippen molar-refractivity contribution in [3.63, 3.8) is 0 Å². The van der Waals surface area contributed by atoms with Crippen molar-refractivity contribution in [2.45, 2.75) is 37.2 Å². The molecular formula is C29H34N2O2. The van der Waals surface area contributed by atoms with Gasteiger partial charge in [0.25, 0.3) is 0 Å². The molecule has 0 atom stereocenters. The molecule has 4 nitrogen and oxygen atoms in total. The van der Waals surface area contributed by atoms with Crippen molar-refractivity contribution in [1.29, 1.82) is 0 Å². The summed E-state index contributed by atoms with van der Waals surface area (Å²) < 4.78 is 6.35. The molecule has 0 aromatic heterocycles. The molecule has 0 spiro atoms. The Balaban J connectivity index is 1.25. The van der Waals surface area contributed by atoms with Gasteiger partial charge in [0.15, 0.2) is 0 Å². The summed E-state index contributed by atoms with van der Waals surface area (Å²) in [6.07, 6.45) is 3.61. The van der Waals surface area contributed by atoms with Crippen LogP contribution in [0.2, 0.25) is 0 Å². The highest BCUT2D eigenvalue weighted by Crippen LogP contribution is 2.35. The fourth-order valence-electron chi connectivity index (χ4n) is 4.87. The van der Waals surface area contributed by atoms with E-state index in [1.165, 1.54) is 11.1 Å². The Morgan fingerprint density at radius 2 is 1.33 bits per heavy atom. The van der Waals surface area contributed by atoms with Gasteiger partial charge in [-0.1, -0.05) is 91.0 Å². The third-order valence-corrected chi connectivity index (χ3v) is 6.87. The van der Waals surface area contributed by atoms with Gasteiger partial charge in [0, 0.05) is 6.61 Å². The van der Waals surface area contributed by atoms with E-state index in [1.807, 2.05) is 42.5 Å². The summed E-state index contributed by atoms with van der Waals surface area (Å²) in [6.45, 7) is 3.54. The van der Waals surface area contributed by atoms with Gasteiger partial charge in [0.05, 0.1) is 5.41 Å². The van der Waals surface area contributed by atoms with E-state index in [4.69, 9.17) is 10.5 Å². The molecule has 3 aromatic carbocycles. The normalized spacial score (nSPS) is 16.0. The monoisotopic (exact) mass is 442 g/mol. The van der Waals surface area contributed by atoms with E-state index in [0.717, 1.165) is 57.5 Å². The van der Waals surface area contributed by atoms with Gasteiger partial charge in [0.1, 0.15) is 6.10 Å². The van der Waals surface area contributed by atoms with E-state index in [2.05, 4.69) is 53.4 Å². The average Bonchev–Trinajstić information content (AvgIpc) is 2.88. The number of piperidine rings is 1. The summed E-state index contributed by atoms with van der Waals surface area (Å²) in [4.78, 5) is 14.8. The molecule has 0 radical (unpaired) electrons. The molecule has 3 aromatic rings. The molecule has 4 rings (SSSR count). The molecular weight excluding hydrogens is 408 g/mol. The Kier molecular flexibility index (Phi) is 7.92. The maximum atomic E-state index is 12.4. The molecule has 0 saturated carbocycles. The fraction of sp³-hybridized carbons (Fsp3) is 0.345. The maximum Gasteiger partial charge on any atom is 0.228 e. The van der Waals surface area contributed by atoms with Crippen LogP contribution in [0, 0.1) is 0 Å². The molecule has 33 heavy (non-hydrogen) atoms. The van der Waals surface area contributed by atoms with Crippen molar-refractivity contribution < 1.29 is 9.53 Å². The predicted octanol–water partition coefficient (Wildman–Crippen LogP) is 5.09. The number of amides is 1. The van der Waals surface area contributed by atoms with Crippen LogP contribution in [0.15, 0.2) is 91.0 Å². The Labute approximate surface area is 197 Å². The van der Waals surface area contributed by atoms with E-state index in [1.54, 1.807) is 0 Å². The predicted molar refractivity (Wildman–Crippen MR) is 133 cm³/mol. The molecule has 0 bridgehead atoms. The van der Waals surface area contributed by atoms with Crippen LogP contribution in [0.1, 0.15) is 48.5 Å². The van der Waals surface area contributed by atoms with Gasteiger partial charge in [-0.15, -0.1) is 0 Å². The van der Waals surface area contributed by atoms with Crippen LogP contribution in [0.4, 0.5) is 0 Å². The minimum Gasteiger partial charge on any atom is -0.369 e. The van der Waals surface area contributed by atoms with Crippen molar-refractivity contribution in [2.24, 2.45) is 5.73 Å². The Morgan fingerprint density at radius 1 is 0.818 bits per heavy atom. The van der Waals surface area contributed by atoms with Crippen LogP contribution < -0.4 is 5.73 Å². The number of primary amides is 1. The summed E-state index contributed by atoms with van der Waals surface area (Å²) in [6, 6.07) is 30.9. The number of carbonyl (C=O) groups excluding carboxylic acids is 1. The maximum absolute atomic E-state index is 12.4. The summed E-state index contributed by atoms with van der Waals surface area (Å²) in [5.74, 6) is -0.199. The molecule has 1 saturated heterocycles. The van der Waals surface area contributed by atoms with Crippen LogP contribution >= 0.6 is 0 Å². The number of nitrogens with zero attached hydrogens (tertiary/aromatic N) is 1. The molecule has 1 fully saturated rings.